The number of anilines is 1. The fourth-order valence-electron chi connectivity index (χ4n) is 5.43. The molecule has 5 heterocycles. The van der Waals surface area contributed by atoms with Gasteiger partial charge in [0.15, 0.2) is 21.4 Å². The largest absolute Gasteiger partial charge is 0.489 e. The molecule has 0 bridgehead atoms. The minimum Gasteiger partial charge on any atom is -0.489 e. The second-order valence-electron chi connectivity index (χ2n) is 11.0. The van der Waals surface area contributed by atoms with Crippen LogP contribution in [0.2, 0.25) is 0 Å². The zero-order chi connectivity index (χ0) is 30.1. The Hall–Kier alpha value is -4.23. The van der Waals surface area contributed by atoms with E-state index in [4.69, 9.17) is 19.4 Å². The highest BCUT2D eigenvalue weighted by atomic mass is 32.2. The lowest BCUT2D eigenvalue weighted by atomic mass is 10.1. The van der Waals surface area contributed by atoms with Gasteiger partial charge >= 0.3 is 0 Å². The van der Waals surface area contributed by atoms with Crippen LogP contribution in [0.15, 0.2) is 59.6 Å². The third-order valence-electron chi connectivity index (χ3n) is 7.46. The van der Waals surface area contributed by atoms with E-state index in [0.717, 1.165) is 36.1 Å². The third-order valence-corrected chi connectivity index (χ3v) is 9.26. The van der Waals surface area contributed by atoms with Crippen molar-refractivity contribution in [1.82, 2.24) is 20.3 Å². The molecule has 0 aliphatic carbocycles. The first-order valence-corrected chi connectivity index (χ1v) is 15.9. The molecule has 0 saturated carbocycles. The quantitative estimate of drug-likeness (QED) is 0.335. The summed E-state index contributed by atoms with van der Waals surface area (Å²) in [5, 5.41) is 3.53. The lowest BCUT2D eigenvalue weighted by molar-refractivity contribution is -0.00545. The summed E-state index contributed by atoms with van der Waals surface area (Å²) in [6, 6.07) is 13.6. The summed E-state index contributed by atoms with van der Waals surface area (Å²) >= 11 is 0. The number of benzene rings is 1. The minimum atomic E-state index is -3.79. The van der Waals surface area contributed by atoms with Crippen molar-refractivity contribution in [2.75, 3.05) is 30.3 Å². The van der Waals surface area contributed by atoms with Gasteiger partial charge in [-0.2, -0.15) is 0 Å². The minimum absolute atomic E-state index is 0. The fourth-order valence-corrected chi connectivity index (χ4v) is 6.98. The van der Waals surface area contributed by atoms with Crippen LogP contribution in [0.3, 0.4) is 0 Å². The molecule has 3 aromatic heterocycles. The number of carbonyl (C=O) groups is 1. The predicted octanol–water partition coefficient (Wildman–Crippen LogP) is 4.72. The molecule has 0 radical (unpaired) electrons. The SMILES string of the molecule is C[C@@H]1CN(c2cccc(-c3ccc4cnc(CNC(=O)c5cc(F)c6c(c5)S(=O)(=O)CCCCO6)cc4n3)n2)C[C@H](C)O1.F.[HH]. The number of amides is 1. The Labute approximate surface area is 255 Å². The van der Waals surface area contributed by atoms with Crippen LogP contribution in [0.1, 0.15) is 44.2 Å². The van der Waals surface area contributed by atoms with Crippen LogP contribution >= 0.6 is 0 Å². The summed E-state index contributed by atoms with van der Waals surface area (Å²) in [5.74, 6) is -1.11. The number of aromatic nitrogens is 3. The number of hydrogen-bond acceptors (Lipinski definition) is 9. The lowest BCUT2D eigenvalue weighted by Gasteiger charge is -2.36. The molecule has 1 saturated heterocycles. The molecule has 4 aromatic rings. The average molecular weight is 628 g/mol. The van der Waals surface area contributed by atoms with Crippen LogP contribution in [-0.2, 0) is 21.1 Å². The average Bonchev–Trinajstić information content (AvgIpc) is 2.98. The van der Waals surface area contributed by atoms with Crippen LogP contribution in [0.5, 0.6) is 5.75 Å². The molecule has 10 nitrogen and oxygen atoms in total. The summed E-state index contributed by atoms with van der Waals surface area (Å²) in [5.41, 5.74) is 2.53. The van der Waals surface area contributed by atoms with Crippen molar-refractivity contribution in [2.45, 2.75) is 50.3 Å². The first-order valence-electron chi connectivity index (χ1n) is 14.3. The molecular formula is C31H35F2N5O5S. The van der Waals surface area contributed by atoms with Crippen molar-refractivity contribution < 1.29 is 33.2 Å². The fraction of sp³-hybridized carbons (Fsp3) is 0.355. The molecule has 1 fully saturated rings. The van der Waals surface area contributed by atoms with Crippen molar-refractivity contribution in [3.05, 3.63) is 71.8 Å². The molecule has 0 unspecified atom stereocenters. The maximum Gasteiger partial charge on any atom is 0.251 e. The maximum absolute atomic E-state index is 14.8. The number of morpholine rings is 1. The number of ether oxygens (including phenoxy) is 2. The van der Waals surface area contributed by atoms with Gasteiger partial charge in [0.25, 0.3) is 5.91 Å². The first-order chi connectivity index (χ1) is 20.7. The number of hydrogen-bond donors (Lipinski definition) is 1. The van der Waals surface area contributed by atoms with E-state index in [-0.39, 0.29) is 53.5 Å². The summed E-state index contributed by atoms with van der Waals surface area (Å²) in [6.45, 7) is 5.87. The maximum atomic E-state index is 14.8. The van der Waals surface area contributed by atoms with Crippen molar-refractivity contribution in [3.8, 4) is 17.1 Å². The normalized spacial score (nSPS) is 19.6. The summed E-state index contributed by atoms with van der Waals surface area (Å²) < 4.78 is 51.5. The number of halogens is 2. The number of nitrogens with zero attached hydrogens (tertiary/aromatic N) is 4. The Morgan fingerprint density at radius 2 is 1.84 bits per heavy atom. The Kier molecular flexibility index (Phi) is 9.07. The Morgan fingerprint density at radius 1 is 1.07 bits per heavy atom. The third kappa shape index (κ3) is 6.63. The highest BCUT2D eigenvalue weighted by molar-refractivity contribution is 7.91. The van der Waals surface area contributed by atoms with Crippen LogP contribution in [0.25, 0.3) is 22.3 Å². The van der Waals surface area contributed by atoms with E-state index >= 15 is 0 Å². The van der Waals surface area contributed by atoms with Gasteiger partial charge in [-0.25, -0.2) is 22.8 Å². The second-order valence-corrected chi connectivity index (χ2v) is 13.0. The molecule has 1 aromatic carbocycles. The number of nitrogens with one attached hydrogen (secondary N) is 1. The molecule has 1 N–H and O–H groups in total. The van der Waals surface area contributed by atoms with Gasteiger partial charge in [0, 0.05) is 31.7 Å². The van der Waals surface area contributed by atoms with Crippen LogP contribution in [0.4, 0.5) is 14.9 Å². The highest BCUT2D eigenvalue weighted by Crippen LogP contribution is 2.32. The molecule has 1 amide bonds. The van der Waals surface area contributed by atoms with Crippen molar-refractivity contribution in [2.24, 2.45) is 0 Å². The first kappa shape index (κ1) is 31.2. The Bertz CT molecular complexity index is 1800. The predicted molar refractivity (Wildman–Crippen MR) is 164 cm³/mol. The van der Waals surface area contributed by atoms with Crippen molar-refractivity contribution in [1.29, 1.82) is 0 Å². The van der Waals surface area contributed by atoms with E-state index < -0.39 is 21.6 Å². The van der Waals surface area contributed by atoms with E-state index in [1.54, 1.807) is 12.3 Å². The van der Waals surface area contributed by atoms with Gasteiger partial charge in [-0.05, 0) is 69.2 Å². The summed E-state index contributed by atoms with van der Waals surface area (Å²) in [7, 11) is -3.79. The lowest BCUT2D eigenvalue weighted by Crippen LogP contribution is -2.45. The summed E-state index contributed by atoms with van der Waals surface area (Å²) in [6.07, 6.45) is 2.80. The van der Waals surface area contributed by atoms with Gasteiger partial charge in [-0.3, -0.25) is 14.5 Å². The van der Waals surface area contributed by atoms with Crippen molar-refractivity contribution >= 4 is 32.5 Å². The topological polar surface area (TPSA) is 124 Å². The molecule has 0 spiro atoms. The smallest absolute Gasteiger partial charge is 0.251 e. The van der Waals surface area contributed by atoms with E-state index in [0.29, 0.717) is 29.7 Å². The van der Waals surface area contributed by atoms with Crippen LogP contribution in [-0.4, -0.2) is 66.9 Å². The summed E-state index contributed by atoms with van der Waals surface area (Å²) in [4.78, 5) is 29.0. The highest BCUT2D eigenvalue weighted by Gasteiger charge is 2.27. The van der Waals surface area contributed by atoms with E-state index in [9.17, 15) is 17.6 Å². The Balaban J connectivity index is 0.00000230. The molecule has 13 heteroatoms. The molecule has 44 heavy (non-hydrogen) atoms. The Morgan fingerprint density at radius 3 is 2.64 bits per heavy atom. The molecule has 234 valence electrons. The zero-order valence-corrected chi connectivity index (χ0v) is 25.1. The number of fused-ring (bicyclic) bond motifs is 2. The molecule has 2 aliphatic rings. The van der Waals surface area contributed by atoms with Gasteiger partial charge in [0.1, 0.15) is 10.7 Å². The van der Waals surface area contributed by atoms with Gasteiger partial charge in [0.05, 0.1) is 53.7 Å². The van der Waals surface area contributed by atoms with E-state index in [1.165, 1.54) is 6.07 Å². The van der Waals surface area contributed by atoms with E-state index in [2.05, 4.69) is 29.0 Å². The molecular weight excluding hydrogens is 592 g/mol. The van der Waals surface area contributed by atoms with Gasteiger partial charge in [0.2, 0.25) is 0 Å². The number of rotatable bonds is 5. The van der Waals surface area contributed by atoms with E-state index in [1.807, 2.05) is 30.3 Å². The zero-order valence-electron chi connectivity index (χ0n) is 24.3. The molecule has 2 atom stereocenters. The van der Waals surface area contributed by atoms with Gasteiger partial charge in [-0.15, -0.1) is 0 Å². The number of carbonyl (C=O) groups excluding carboxylic acids is 1. The standard InChI is InChI=1S/C31H32FN5O5S.FH.H2/c1-19-17-37(18-20(2)42-19)29-7-5-6-25(36-29)26-9-8-21-15-33-23(14-27(21)35-26)16-34-31(38)22-12-24(32)30-28(13-22)43(39,40)11-4-3-10-41-30;;/h5-9,12-15,19-20H,3-4,10-11,16-18H2,1-2H3,(H,34,38);2*1H/t19-,20+;;. The number of sulfone groups is 1. The second kappa shape index (κ2) is 12.8. The van der Waals surface area contributed by atoms with Gasteiger partial charge in [-0.1, -0.05) is 6.07 Å². The van der Waals surface area contributed by atoms with Crippen molar-refractivity contribution in [3.63, 3.8) is 0 Å². The molecule has 2 aliphatic heterocycles. The van der Waals surface area contributed by atoms with Crippen LogP contribution in [0, 0.1) is 5.82 Å². The number of pyridine rings is 3. The monoisotopic (exact) mass is 627 g/mol. The van der Waals surface area contributed by atoms with Gasteiger partial charge < -0.3 is 19.7 Å². The molecule has 6 rings (SSSR count). The van der Waals surface area contributed by atoms with Crippen LogP contribution < -0.4 is 15.0 Å².